The summed E-state index contributed by atoms with van der Waals surface area (Å²) in [5, 5.41) is 11.8. The van der Waals surface area contributed by atoms with Crippen molar-refractivity contribution in [1.82, 2.24) is 5.32 Å². The summed E-state index contributed by atoms with van der Waals surface area (Å²) in [6.45, 7) is 2.86. The van der Waals surface area contributed by atoms with Gasteiger partial charge in [0.05, 0.1) is 6.61 Å². The molecule has 0 fully saturated rings. The number of amides is 1. The molecular weight excluding hydrogens is 242 g/mol. The highest BCUT2D eigenvalue weighted by atomic mass is 16.5. The second-order valence-corrected chi connectivity index (χ2v) is 4.50. The molecule has 1 rings (SSSR count). The van der Waals surface area contributed by atoms with E-state index in [-0.39, 0.29) is 19.1 Å². The standard InChI is InChI=1S/C15H23NO3/c1-2-3-4-5-9-16-15(18)12-19-14-8-6-7-13(10-14)11-17/h6-8,10,17H,2-5,9,11-12H2,1H3,(H,16,18). The Morgan fingerprint density at radius 2 is 2.16 bits per heavy atom. The van der Waals surface area contributed by atoms with Gasteiger partial charge in [-0.25, -0.2) is 0 Å². The molecule has 0 saturated heterocycles. The zero-order chi connectivity index (χ0) is 13.9. The van der Waals surface area contributed by atoms with Gasteiger partial charge in [0.2, 0.25) is 0 Å². The molecule has 4 heteroatoms. The molecule has 19 heavy (non-hydrogen) atoms. The molecule has 1 aromatic rings. The van der Waals surface area contributed by atoms with Crippen LogP contribution in [0.25, 0.3) is 0 Å². The Kier molecular flexibility index (Phi) is 7.66. The number of aliphatic hydroxyl groups is 1. The van der Waals surface area contributed by atoms with Gasteiger partial charge in [-0.15, -0.1) is 0 Å². The molecule has 1 aromatic carbocycles. The first-order valence-electron chi connectivity index (χ1n) is 6.85. The molecule has 0 heterocycles. The van der Waals surface area contributed by atoms with Gasteiger partial charge in [0.15, 0.2) is 6.61 Å². The summed E-state index contributed by atoms with van der Waals surface area (Å²) in [6.07, 6.45) is 4.56. The van der Waals surface area contributed by atoms with Gasteiger partial charge in [-0.3, -0.25) is 4.79 Å². The SMILES string of the molecule is CCCCCCNC(=O)COc1cccc(CO)c1. The zero-order valence-corrected chi connectivity index (χ0v) is 11.5. The number of hydrogen-bond acceptors (Lipinski definition) is 3. The predicted molar refractivity (Wildman–Crippen MR) is 75.0 cm³/mol. The number of benzene rings is 1. The average molecular weight is 265 g/mol. The summed E-state index contributed by atoms with van der Waals surface area (Å²) in [5.41, 5.74) is 0.775. The van der Waals surface area contributed by atoms with E-state index < -0.39 is 0 Å². The molecule has 0 radical (unpaired) electrons. The second kappa shape index (κ2) is 9.39. The third kappa shape index (κ3) is 6.82. The van der Waals surface area contributed by atoms with E-state index in [0.29, 0.717) is 12.3 Å². The van der Waals surface area contributed by atoms with Gasteiger partial charge < -0.3 is 15.2 Å². The van der Waals surface area contributed by atoms with E-state index in [1.54, 1.807) is 24.3 Å². The zero-order valence-electron chi connectivity index (χ0n) is 11.5. The van der Waals surface area contributed by atoms with E-state index >= 15 is 0 Å². The summed E-state index contributed by atoms with van der Waals surface area (Å²) in [6, 6.07) is 7.10. The van der Waals surface area contributed by atoms with Crippen LogP contribution >= 0.6 is 0 Å². The van der Waals surface area contributed by atoms with E-state index in [1.807, 2.05) is 0 Å². The number of carbonyl (C=O) groups excluding carboxylic acids is 1. The van der Waals surface area contributed by atoms with Crippen LogP contribution in [-0.2, 0) is 11.4 Å². The summed E-state index contributed by atoms with van der Waals surface area (Å²) in [5.74, 6) is 0.499. The Bertz CT molecular complexity index is 379. The van der Waals surface area contributed by atoms with Crippen molar-refractivity contribution < 1.29 is 14.6 Å². The molecule has 0 bridgehead atoms. The number of carbonyl (C=O) groups is 1. The van der Waals surface area contributed by atoms with Crippen molar-refractivity contribution in [3.63, 3.8) is 0 Å². The van der Waals surface area contributed by atoms with Crippen molar-refractivity contribution in [2.45, 2.75) is 39.2 Å². The maximum Gasteiger partial charge on any atom is 0.257 e. The molecule has 2 N–H and O–H groups in total. The first-order valence-corrected chi connectivity index (χ1v) is 6.85. The van der Waals surface area contributed by atoms with Gasteiger partial charge in [-0.05, 0) is 24.1 Å². The van der Waals surface area contributed by atoms with Crippen LogP contribution in [0.5, 0.6) is 5.75 Å². The minimum absolute atomic E-state index is 0.0165. The van der Waals surface area contributed by atoms with E-state index in [1.165, 1.54) is 12.8 Å². The summed E-state index contributed by atoms with van der Waals surface area (Å²) in [7, 11) is 0. The molecule has 0 unspecified atom stereocenters. The monoisotopic (exact) mass is 265 g/mol. The molecule has 106 valence electrons. The van der Waals surface area contributed by atoms with Gasteiger partial charge in [0.1, 0.15) is 5.75 Å². The topological polar surface area (TPSA) is 58.6 Å². The van der Waals surface area contributed by atoms with Crippen LogP contribution in [0, 0.1) is 0 Å². The highest BCUT2D eigenvalue weighted by Crippen LogP contribution is 2.12. The Morgan fingerprint density at radius 1 is 1.32 bits per heavy atom. The van der Waals surface area contributed by atoms with Crippen LogP contribution in [-0.4, -0.2) is 24.2 Å². The smallest absolute Gasteiger partial charge is 0.257 e. The number of hydrogen-bond donors (Lipinski definition) is 2. The van der Waals surface area contributed by atoms with Crippen LogP contribution in [0.1, 0.15) is 38.2 Å². The number of unbranched alkanes of at least 4 members (excludes halogenated alkanes) is 3. The lowest BCUT2D eigenvalue weighted by Crippen LogP contribution is -2.29. The van der Waals surface area contributed by atoms with Gasteiger partial charge in [-0.1, -0.05) is 38.3 Å². The Balaban J connectivity index is 2.18. The molecule has 0 aliphatic rings. The fraction of sp³-hybridized carbons (Fsp3) is 0.533. The minimum Gasteiger partial charge on any atom is -0.484 e. The summed E-state index contributed by atoms with van der Waals surface area (Å²) >= 11 is 0. The van der Waals surface area contributed by atoms with Crippen molar-refractivity contribution in [2.24, 2.45) is 0 Å². The molecule has 0 atom stereocenters. The quantitative estimate of drug-likeness (QED) is 0.673. The fourth-order valence-electron chi connectivity index (χ4n) is 1.71. The highest BCUT2D eigenvalue weighted by molar-refractivity contribution is 5.77. The molecule has 0 aliphatic carbocycles. The number of nitrogens with one attached hydrogen (secondary N) is 1. The second-order valence-electron chi connectivity index (χ2n) is 4.50. The van der Waals surface area contributed by atoms with E-state index in [0.717, 1.165) is 18.4 Å². The molecule has 0 spiro atoms. The minimum atomic E-state index is -0.106. The molecule has 0 aromatic heterocycles. The summed E-state index contributed by atoms with van der Waals surface area (Å²) in [4.78, 5) is 11.5. The van der Waals surface area contributed by atoms with Crippen LogP contribution in [0.2, 0.25) is 0 Å². The van der Waals surface area contributed by atoms with Crippen LogP contribution < -0.4 is 10.1 Å². The highest BCUT2D eigenvalue weighted by Gasteiger charge is 2.02. The van der Waals surface area contributed by atoms with E-state index in [4.69, 9.17) is 9.84 Å². The number of ether oxygens (including phenoxy) is 1. The van der Waals surface area contributed by atoms with E-state index in [2.05, 4.69) is 12.2 Å². The average Bonchev–Trinajstić information content (AvgIpc) is 2.45. The number of rotatable bonds is 9. The van der Waals surface area contributed by atoms with Gasteiger partial charge >= 0.3 is 0 Å². The van der Waals surface area contributed by atoms with Crippen LogP contribution in [0.4, 0.5) is 0 Å². The van der Waals surface area contributed by atoms with E-state index in [9.17, 15) is 4.79 Å². The van der Waals surface area contributed by atoms with Crippen molar-refractivity contribution >= 4 is 5.91 Å². The molecule has 4 nitrogen and oxygen atoms in total. The van der Waals surface area contributed by atoms with Crippen LogP contribution in [0.15, 0.2) is 24.3 Å². The third-order valence-electron chi connectivity index (χ3n) is 2.80. The third-order valence-corrected chi connectivity index (χ3v) is 2.80. The molecular formula is C15H23NO3. The molecule has 0 aliphatic heterocycles. The number of aliphatic hydroxyl groups excluding tert-OH is 1. The Morgan fingerprint density at radius 3 is 2.89 bits per heavy atom. The van der Waals surface area contributed by atoms with Gasteiger partial charge in [0.25, 0.3) is 5.91 Å². The van der Waals surface area contributed by atoms with Crippen LogP contribution in [0.3, 0.4) is 0 Å². The first kappa shape index (κ1) is 15.5. The van der Waals surface area contributed by atoms with Gasteiger partial charge in [0, 0.05) is 6.54 Å². The van der Waals surface area contributed by atoms with Crippen molar-refractivity contribution in [1.29, 1.82) is 0 Å². The normalized spacial score (nSPS) is 10.2. The fourth-order valence-corrected chi connectivity index (χ4v) is 1.71. The predicted octanol–water partition coefficient (Wildman–Crippen LogP) is 2.25. The van der Waals surface area contributed by atoms with Crippen molar-refractivity contribution in [3.8, 4) is 5.75 Å². The summed E-state index contributed by atoms with van der Waals surface area (Å²) < 4.78 is 5.37. The lowest BCUT2D eigenvalue weighted by atomic mass is 10.2. The lowest BCUT2D eigenvalue weighted by Gasteiger charge is -2.08. The maximum atomic E-state index is 11.5. The van der Waals surface area contributed by atoms with Crippen molar-refractivity contribution in [2.75, 3.05) is 13.2 Å². The maximum absolute atomic E-state index is 11.5. The largest absolute Gasteiger partial charge is 0.484 e. The molecule has 0 saturated carbocycles. The Labute approximate surface area is 114 Å². The van der Waals surface area contributed by atoms with Gasteiger partial charge in [-0.2, -0.15) is 0 Å². The Hall–Kier alpha value is -1.55. The lowest BCUT2D eigenvalue weighted by molar-refractivity contribution is -0.123. The molecule has 1 amide bonds. The first-order chi connectivity index (χ1) is 9.26. The van der Waals surface area contributed by atoms with Crippen molar-refractivity contribution in [3.05, 3.63) is 29.8 Å².